The molecule has 1 heterocycles. The fraction of sp³-hybridized carbons (Fsp3) is 0.400. The average molecular weight is 290 g/mol. The summed E-state index contributed by atoms with van der Waals surface area (Å²) in [5.41, 5.74) is 0.385. The molecular formula is C15H18N2O4. The van der Waals surface area contributed by atoms with E-state index in [-0.39, 0.29) is 23.7 Å². The molecule has 112 valence electrons. The number of nitro benzene ring substituents is 1. The molecule has 0 radical (unpaired) electrons. The monoisotopic (exact) mass is 290 g/mol. The smallest absolute Gasteiger partial charge is 0.276 e. The first-order valence-electron chi connectivity index (χ1n) is 6.91. The number of carbonyl (C=O) groups is 1. The largest absolute Gasteiger partial charge is 0.376 e. The van der Waals surface area contributed by atoms with E-state index in [1.165, 1.54) is 18.2 Å². The summed E-state index contributed by atoms with van der Waals surface area (Å²) < 4.78 is 5.50. The maximum absolute atomic E-state index is 11.8. The van der Waals surface area contributed by atoms with Gasteiger partial charge in [-0.05, 0) is 31.9 Å². The summed E-state index contributed by atoms with van der Waals surface area (Å²) in [6.45, 7) is 2.63. The number of rotatable bonds is 5. The summed E-state index contributed by atoms with van der Waals surface area (Å²) in [5.74, 6) is -0.281. The van der Waals surface area contributed by atoms with Gasteiger partial charge < -0.3 is 10.1 Å². The van der Waals surface area contributed by atoms with Crippen molar-refractivity contribution in [2.75, 3.05) is 6.61 Å². The van der Waals surface area contributed by atoms with Crippen molar-refractivity contribution in [2.24, 2.45) is 0 Å². The summed E-state index contributed by atoms with van der Waals surface area (Å²) in [7, 11) is 0. The van der Waals surface area contributed by atoms with Gasteiger partial charge in [-0.2, -0.15) is 0 Å². The van der Waals surface area contributed by atoms with E-state index in [2.05, 4.69) is 5.32 Å². The first-order chi connectivity index (χ1) is 10.1. The van der Waals surface area contributed by atoms with Gasteiger partial charge in [-0.1, -0.05) is 12.1 Å². The second-order valence-electron chi connectivity index (χ2n) is 5.00. The van der Waals surface area contributed by atoms with Crippen LogP contribution in [0.5, 0.6) is 0 Å². The van der Waals surface area contributed by atoms with Crippen LogP contribution in [0.2, 0.25) is 0 Å². The molecule has 2 rings (SSSR count). The number of hydrogen-bond donors (Lipinski definition) is 1. The molecule has 6 heteroatoms. The molecule has 6 nitrogen and oxygen atoms in total. The highest BCUT2D eigenvalue weighted by Gasteiger charge is 2.23. The Morgan fingerprint density at radius 2 is 2.29 bits per heavy atom. The molecule has 1 aromatic rings. The summed E-state index contributed by atoms with van der Waals surface area (Å²) in [6, 6.07) is 6.22. The van der Waals surface area contributed by atoms with Gasteiger partial charge in [-0.3, -0.25) is 14.9 Å². The van der Waals surface area contributed by atoms with Crippen LogP contribution in [0.25, 0.3) is 6.08 Å². The molecule has 0 spiro atoms. The molecule has 0 aromatic heterocycles. The van der Waals surface area contributed by atoms with Crippen LogP contribution in [0.15, 0.2) is 30.3 Å². The number of nitrogens with one attached hydrogen (secondary N) is 1. The van der Waals surface area contributed by atoms with Crippen LogP contribution >= 0.6 is 0 Å². The van der Waals surface area contributed by atoms with Crippen LogP contribution in [0.3, 0.4) is 0 Å². The van der Waals surface area contributed by atoms with Crippen molar-refractivity contribution >= 4 is 17.7 Å². The van der Waals surface area contributed by atoms with Gasteiger partial charge >= 0.3 is 0 Å². The minimum Gasteiger partial charge on any atom is -0.376 e. The van der Waals surface area contributed by atoms with Crippen LogP contribution in [0.1, 0.15) is 25.3 Å². The van der Waals surface area contributed by atoms with E-state index in [0.29, 0.717) is 5.56 Å². The van der Waals surface area contributed by atoms with Crippen molar-refractivity contribution in [3.63, 3.8) is 0 Å². The predicted molar refractivity (Wildman–Crippen MR) is 78.7 cm³/mol. The molecule has 1 aliphatic rings. The molecule has 2 atom stereocenters. The SMILES string of the molecule is C[C@H](NC(=O)/C=C/c1ccccc1[N+](=O)[O-])[C@H]1CCCO1. The van der Waals surface area contributed by atoms with E-state index in [9.17, 15) is 14.9 Å². The lowest BCUT2D eigenvalue weighted by Gasteiger charge is -2.18. The number of nitro groups is 1. The van der Waals surface area contributed by atoms with Gasteiger partial charge in [0.15, 0.2) is 0 Å². The summed E-state index contributed by atoms with van der Waals surface area (Å²) in [6.07, 6.45) is 4.77. The lowest BCUT2D eigenvalue weighted by molar-refractivity contribution is -0.385. The number of nitrogens with zero attached hydrogens (tertiary/aromatic N) is 1. The molecule has 0 bridgehead atoms. The lowest BCUT2D eigenvalue weighted by atomic mass is 10.1. The lowest BCUT2D eigenvalue weighted by Crippen LogP contribution is -2.40. The Morgan fingerprint density at radius 1 is 1.52 bits per heavy atom. The van der Waals surface area contributed by atoms with Gasteiger partial charge in [0.2, 0.25) is 5.91 Å². The van der Waals surface area contributed by atoms with E-state index >= 15 is 0 Å². The normalized spacial score (nSPS) is 19.6. The highest BCUT2D eigenvalue weighted by atomic mass is 16.6. The second-order valence-corrected chi connectivity index (χ2v) is 5.00. The Labute approximate surface area is 122 Å². The van der Waals surface area contributed by atoms with Crippen molar-refractivity contribution < 1.29 is 14.5 Å². The van der Waals surface area contributed by atoms with Crippen molar-refractivity contribution in [1.29, 1.82) is 0 Å². The van der Waals surface area contributed by atoms with Gasteiger partial charge in [0.05, 0.1) is 22.6 Å². The Kier molecular flexibility index (Phi) is 5.05. The quantitative estimate of drug-likeness (QED) is 0.512. The first-order valence-corrected chi connectivity index (χ1v) is 6.91. The van der Waals surface area contributed by atoms with Crippen molar-refractivity contribution in [1.82, 2.24) is 5.32 Å². The molecule has 0 aliphatic carbocycles. The van der Waals surface area contributed by atoms with Gasteiger partial charge in [-0.25, -0.2) is 0 Å². The van der Waals surface area contributed by atoms with E-state index in [1.807, 2.05) is 6.92 Å². The molecule has 0 saturated carbocycles. The highest BCUT2D eigenvalue weighted by molar-refractivity contribution is 5.92. The Balaban J connectivity index is 1.97. The van der Waals surface area contributed by atoms with Crippen LogP contribution in [-0.2, 0) is 9.53 Å². The standard InChI is InChI=1S/C15H18N2O4/c1-11(14-7-4-10-21-14)16-15(18)9-8-12-5-2-3-6-13(12)17(19)20/h2-3,5-6,8-9,11,14H,4,7,10H2,1H3,(H,16,18)/b9-8+/t11-,14+/m0/s1. The van der Waals surface area contributed by atoms with Crippen LogP contribution < -0.4 is 5.32 Å². The Morgan fingerprint density at radius 3 is 2.95 bits per heavy atom. The fourth-order valence-electron chi connectivity index (χ4n) is 2.32. The zero-order valence-electron chi connectivity index (χ0n) is 11.8. The molecule has 0 unspecified atom stereocenters. The second kappa shape index (κ2) is 6.99. The number of hydrogen-bond acceptors (Lipinski definition) is 4. The average Bonchev–Trinajstić information content (AvgIpc) is 2.99. The zero-order valence-corrected chi connectivity index (χ0v) is 11.8. The number of para-hydroxylation sites is 1. The molecule has 1 fully saturated rings. The predicted octanol–water partition coefficient (Wildman–Crippen LogP) is 2.29. The van der Waals surface area contributed by atoms with Crippen molar-refractivity contribution in [2.45, 2.75) is 31.9 Å². The third-order valence-corrected chi connectivity index (χ3v) is 3.44. The summed E-state index contributed by atoms with van der Waals surface area (Å²) >= 11 is 0. The van der Waals surface area contributed by atoms with E-state index in [0.717, 1.165) is 19.4 Å². The van der Waals surface area contributed by atoms with Gasteiger partial charge in [0.25, 0.3) is 5.69 Å². The van der Waals surface area contributed by atoms with Crippen molar-refractivity contribution in [3.8, 4) is 0 Å². The Hall–Kier alpha value is -2.21. The molecule has 1 aliphatic heterocycles. The molecule has 1 aromatic carbocycles. The van der Waals surface area contributed by atoms with E-state index < -0.39 is 4.92 Å². The summed E-state index contributed by atoms with van der Waals surface area (Å²) in [5, 5.41) is 13.7. The molecule has 1 saturated heterocycles. The topological polar surface area (TPSA) is 81.5 Å². The first kappa shape index (κ1) is 15.2. The summed E-state index contributed by atoms with van der Waals surface area (Å²) in [4.78, 5) is 22.2. The third kappa shape index (κ3) is 4.13. The maximum Gasteiger partial charge on any atom is 0.276 e. The zero-order chi connectivity index (χ0) is 15.2. The molecule has 1 amide bonds. The molecule has 1 N–H and O–H groups in total. The minimum atomic E-state index is -0.466. The number of carbonyl (C=O) groups excluding carboxylic acids is 1. The van der Waals surface area contributed by atoms with Gasteiger partial charge in [-0.15, -0.1) is 0 Å². The number of benzene rings is 1. The van der Waals surface area contributed by atoms with Gasteiger partial charge in [0.1, 0.15) is 0 Å². The third-order valence-electron chi connectivity index (χ3n) is 3.44. The van der Waals surface area contributed by atoms with Crippen LogP contribution in [0, 0.1) is 10.1 Å². The molecular weight excluding hydrogens is 272 g/mol. The molecule has 21 heavy (non-hydrogen) atoms. The Bertz CT molecular complexity index is 550. The fourth-order valence-corrected chi connectivity index (χ4v) is 2.32. The highest BCUT2D eigenvalue weighted by Crippen LogP contribution is 2.19. The number of ether oxygens (including phenoxy) is 1. The van der Waals surface area contributed by atoms with Crippen molar-refractivity contribution in [3.05, 3.63) is 46.0 Å². The maximum atomic E-state index is 11.8. The minimum absolute atomic E-state index is 0.0197. The number of amides is 1. The van der Waals surface area contributed by atoms with Crippen LogP contribution in [-0.4, -0.2) is 29.6 Å². The van der Waals surface area contributed by atoms with Crippen LogP contribution in [0.4, 0.5) is 5.69 Å². The van der Waals surface area contributed by atoms with Gasteiger partial charge in [0, 0.05) is 18.7 Å². The van der Waals surface area contributed by atoms with E-state index in [1.54, 1.807) is 18.2 Å². The van der Waals surface area contributed by atoms with E-state index in [4.69, 9.17) is 4.74 Å².